The van der Waals surface area contributed by atoms with Crippen molar-refractivity contribution in [2.24, 2.45) is 0 Å². The van der Waals surface area contributed by atoms with Gasteiger partial charge in [0.1, 0.15) is 0 Å². The van der Waals surface area contributed by atoms with Crippen molar-refractivity contribution in [1.29, 1.82) is 0 Å². The van der Waals surface area contributed by atoms with E-state index in [-0.39, 0.29) is 12.5 Å². The van der Waals surface area contributed by atoms with Gasteiger partial charge in [-0.05, 0) is 31.9 Å². The number of carbonyl (C=O) groups is 1. The second kappa shape index (κ2) is 5.61. The van der Waals surface area contributed by atoms with Crippen LogP contribution in [0.4, 0.5) is 5.69 Å². The lowest BCUT2D eigenvalue weighted by atomic mass is 9.82. The average molecular weight is 262 g/mol. The second-order valence-corrected chi connectivity index (χ2v) is 5.54. The molecule has 0 radical (unpaired) electrons. The van der Waals surface area contributed by atoms with E-state index in [1.165, 1.54) is 6.42 Å². The molecule has 0 spiro atoms. The normalized spacial score (nSPS) is 18.0. The minimum absolute atomic E-state index is 0.00946. The summed E-state index contributed by atoms with van der Waals surface area (Å²) in [6, 6.07) is 5.42. The summed E-state index contributed by atoms with van der Waals surface area (Å²) in [5.74, 6) is -0.183. The van der Waals surface area contributed by atoms with Gasteiger partial charge in [0.15, 0.2) is 0 Å². The molecule has 104 valence electrons. The Kier molecular flexibility index (Phi) is 4.10. The Morgan fingerprint density at radius 2 is 2.05 bits per heavy atom. The number of hydrogen-bond acceptors (Lipinski definition) is 3. The molecule has 4 nitrogen and oxygen atoms in total. The Hall–Kier alpha value is -1.55. The van der Waals surface area contributed by atoms with E-state index in [0.717, 1.165) is 31.2 Å². The van der Waals surface area contributed by atoms with Crippen LogP contribution in [0, 0.1) is 6.92 Å². The third-order valence-corrected chi connectivity index (χ3v) is 3.95. The van der Waals surface area contributed by atoms with Gasteiger partial charge in [0.25, 0.3) is 5.91 Å². The van der Waals surface area contributed by atoms with Crippen molar-refractivity contribution in [3.05, 3.63) is 29.3 Å². The standard InChI is InChI=1S/C15H22N2O2/c1-11-5-6-13(16)12(9-11)14(19)17-15(10-18)7-3-2-4-8-15/h5-6,9,18H,2-4,7-8,10,16H2,1H3,(H,17,19). The number of benzene rings is 1. The predicted octanol–water partition coefficient (Wildman–Crippen LogP) is 2.00. The topological polar surface area (TPSA) is 75.4 Å². The number of anilines is 1. The molecule has 4 heteroatoms. The molecule has 0 saturated heterocycles. The molecule has 0 bridgehead atoms. The molecule has 1 aromatic rings. The van der Waals surface area contributed by atoms with Gasteiger partial charge >= 0.3 is 0 Å². The van der Waals surface area contributed by atoms with Crippen LogP contribution in [0.1, 0.15) is 48.0 Å². The molecule has 0 atom stereocenters. The van der Waals surface area contributed by atoms with Gasteiger partial charge in [-0.2, -0.15) is 0 Å². The van der Waals surface area contributed by atoms with Crippen LogP contribution in [0.5, 0.6) is 0 Å². The van der Waals surface area contributed by atoms with Crippen LogP contribution in [0.2, 0.25) is 0 Å². The number of nitrogens with one attached hydrogen (secondary N) is 1. The number of nitrogen functional groups attached to an aromatic ring is 1. The van der Waals surface area contributed by atoms with Crippen LogP contribution in [-0.2, 0) is 0 Å². The maximum Gasteiger partial charge on any atom is 0.253 e. The molecule has 0 aromatic heterocycles. The molecule has 2 rings (SSSR count). The maximum atomic E-state index is 12.3. The van der Waals surface area contributed by atoms with Crippen LogP contribution in [0.3, 0.4) is 0 Å². The highest BCUT2D eigenvalue weighted by Crippen LogP contribution is 2.28. The Bertz CT molecular complexity index is 465. The number of rotatable bonds is 3. The summed E-state index contributed by atoms with van der Waals surface area (Å²) in [7, 11) is 0. The SMILES string of the molecule is Cc1ccc(N)c(C(=O)NC2(CO)CCCCC2)c1. The zero-order valence-electron chi connectivity index (χ0n) is 11.4. The van der Waals surface area contributed by atoms with Gasteiger partial charge < -0.3 is 16.2 Å². The zero-order valence-corrected chi connectivity index (χ0v) is 11.4. The third kappa shape index (κ3) is 3.07. The summed E-state index contributed by atoms with van der Waals surface area (Å²) in [6.07, 6.45) is 4.93. The highest BCUT2D eigenvalue weighted by atomic mass is 16.3. The number of nitrogens with two attached hydrogens (primary N) is 1. The van der Waals surface area contributed by atoms with Gasteiger partial charge in [-0.1, -0.05) is 30.9 Å². The molecule has 1 saturated carbocycles. The predicted molar refractivity (Wildman–Crippen MR) is 76.0 cm³/mol. The number of aliphatic hydroxyl groups is 1. The lowest BCUT2D eigenvalue weighted by molar-refractivity contribution is 0.0759. The van der Waals surface area contributed by atoms with Crippen LogP contribution in [-0.4, -0.2) is 23.2 Å². The molecular weight excluding hydrogens is 240 g/mol. The number of carbonyl (C=O) groups excluding carboxylic acids is 1. The third-order valence-electron chi connectivity index (χ3n) is 3.95. The number of hydrogen-bond donors (Lipinski definition) is 3. The Morgan fingerprint density at radius 3 is 2.68 bits per heavy atom. The highest BCUT2D eigenvalue weighted by Gasteiger charge is 2.33. The minimum atomic E-state index is -0.467. The largest absolute Gasteiger partial charge is 0.398 e. The van der Waals surface area contributed by atoms with Gasteiger partial charge in [0, 0.05) is 5.69 Å². The lowest BCUT2D eigenvalue weighted by Gasteiger charge is -2.36. The van der Waals surface area contributed by atoms with Gasteiger partial charge in [-0.15, -0.1) is 0 Å². The van der Waals surface area contributed by atoms with E-state index >= 15 is 0 Å². The average Bonchev–Trinajstić information content (AvgIpc) is 2.42. The molecule has 19 heavy (non-hydrogen) atoms. The van der Waals surface area contributed by atoms with E-state index in [1.807, 2.05) is 13.0 Å². The number of aryl methyl sites for hydroxylation is 1. The van der Waals surface area contributed by atoms with E-state index in [1.54, 1.807) is 12.1 Å². The molecule has 1 aliphatic carbocycles. The maximum absolute atomic E-state index is 12.3. The van der Waals surface area contributed by atoms with E-state index in [0.29, 0.717) is 11.3 Å². The molecule has 1 amide bonds. The molecule has 4 N–H and O–H groups in total. The first kappa shape index (κ1) is 13.9. The first-order valence-corrected chi connectivity index (χ1v) is 6.86. The van der Waals surface area contributed by atoms with Crippen LogP contribution < -0.4 is 11.1 Å². The van der Waals surface area contributed by atoms with Gasteiger partial charge in [-0.3, -0.25) is 4.79 Å². The van der Waals surface area contributed by atoms with E-state index in [9.17, 15) is 9.90 Å². The molecule has 0 aliphatic heterocycles. The quantitative estimate of drug-likeness (QED) is 0.729. The summed E-state index contributed by atoms with van der Waals surface area (Å²) in [5, 5.41) is 12.6. The molecule has 1 aliphatic rings. The molecular formula is C15H22N2O2. The van der Waals surface area contributed by atoms with Crippen LogP contribution >= 0.6 is 0 Å². The fourth-order valence-electron chi connectivity index (χ4n) is 2.73. The molecule has 0 unspecified atom stereocenters. The van der Waals surface area contributed by atoms with Crippen molar-refractivity contribution in [3.63, 3.8) is 0 Å². The fourth-order valence-corrected chi connectivity index (χ4v) is 2.73. The smallest absolute Gasteiger partial charge is 0.253 e. The summed E-state index contributed by atoms with van der Waals surface area (Å²) in [6.45, 7) is 1.92. The Balaban J connectivity index is 2.17. The summed E-state index contributed by atoms with van der Waals surface area (Å²) in [5.41, 5.74) is 7.37. The van der Waals surface area contributed by atoms with E-state index in [4.69, 9.17) is 5.73 Å². The lowest BCUT2D eigenvalue weighted by Crippen LogP contribution is -2.52. The zero-order chi connectivity index (χ0) is 13.9. The second-order valence-electron chi connectivity index (χ2n) is 5.54. The summed E-state index contributed by atoms with van der Waals surface area (Å²) < 4.78 is 0. The summed E-state index contributed by atoms with van der Waals surface area (Å²) in [4.78, 5) is 12.3. The molecule has 1 fully saturated rings. The first-order valence-electron chi connectivity index (χ1n) is 6.86. The van der Waals surface area contributed by atoms with Crippen molar-refractivity contribution in [3.8, 4) is 0 Å². The highest BCUT2D eigenvalue weighted by molar-refractivity contribution is 5.99. The number of amides is 1. The van der Waals surface area contributed by atoms with E-state index in [2.05, 4.69) is 5.32 Å². The van der Waals surface area contributed by atoms with Crippen LogP contribution in [0.25, 0.3) is 0 Å². The van der Waals surface area contributed by atoms with Gasteiger partial charge in [-0.25, -0.2) is 0 Å². The number of aliphatic hydroxyl groups excluding tert-OH is 1. The van der Waals surface area contributed by atoms with E-state index < -0.39 is 5.54 Å². The molecule has 0 heterocycles. The Labute approximate surface area is 114 Å². The van der Waals surface area contributed by atoms with Crippen molar-refractivity contribution in [2.45, 2.75) is 44.6 Å². The first-order chi connectivity index (χ1) is 9.06. The van der Waals surface area contributed by atoms with Crippen molar-refractivity contribution >= 4 is 11.6 Å². The van der Waals surface area contributed by atoms with Crippen molar-refractivity contribution < 1.29 is 9.90 Å². The van der Waals surface area contributed by atoms with Crippen molar-refractivity contribution in [2.75, 3.05) is 12.3 Å². The van der Waals surface area contributed by atoms with Gasteiger partial charge in [0.2, 0.25) is 0 Å². The fraction of sp³-hybridized carbons (Fsp3) is 0.533. The van der Waals surface area contributed by atoms with Gasteiger partial charge in [0.05, 0.1) is 17.7 Å². The minimum Gasteiger partial charge on any atom is -0.398 e. The molecule has 1 aromatic carbocycles. The monoisotopic (exact) mass is 262 g/mol. The van der Waals surface area contributed by atoms with Crippen LogP contribution in [0.15, 0.2) is 18.2 Å². The summed E-state index contributed by atoms with van der Waals surface area (Å²) >= 11 is 0. The Morgan fingerprint density at radius 1 is 1.37 bits per heavy atom. The van der Waals surface area contributed by atoms with Crippen molar-refractivity contribution in [1.82, 2.24) is 5.32 Å².